The molecule has 2 atom stereocenters. The Kier molecular flexibility index (Phi) is 5.66. The van der Waals surface area contributed by atoms with E-state index in [1.54, 1.807) is 34.0 Å². The second-order valence-corrected chi connectivity index (χ2v) is 11.9. The number of rotatable bonds is 6. The first-order chi connectivity index (χ1) is 17.0. The van der Waals surface area contributed by atoms with Crippen molar-refractivity contribution in [1.82, 2.24) is 29.5 Å². The largest absolute Gasteiger partial charge is 0.351 e. The van der Waals surface area contributed by atoms with E-state index in [1.807, 2.05) is 24.4 Å². The lowest BCUT2D eigenvalue weighted by molar-refractivity contribution is 0.115. The van der Waals surface area contributed by atoms with Crippen LogP contribution >= 0.6 is 11.3 Å². The third kappa shape index (κ3) is 4.26. The molecular weight excluding hydrogens is 484 g/mol. The fraction of sp³-hybridized carbons (Fsp3) is 0.391. The van der Waals surface area contributed by atoms with Gasteiger partial charge in [0, 0.05) is 42.3 Å². The maximum absolute atomic E-state index is 13.4. The van der Waals surface area contributed by atoms with E-state index < -0.39 is 10.0 Å². The summed E-state index contributed by atoms with van der Waals surface area (Å²) in [5, 5.41) is 16.9. The van der Waals surface area contributed by atoms with Crippen LogP contribution in [0.15, 0.2) is 46.9 Å². The van der Waals surface area contributed by atoms with Crippen molar-refractivity contribution in [3.05, 3.63) is 47.7 Å². The number of pyridine rings is 1. The van der Waals surface area contributed by atoms with E-state index in [-0.39, 0.29) is 23.0 Å². The van der Waals surface area contributed by atoms with Crippen LogP contribution in [0.1, 0.15) is 37.8 Å². The molecule has 12 heteroatoms. The number of sulfonamides is 1. The van der Waals surface area contributed by atoms with Crippen LogP contribution in [-0.2, 0) is 10.0 Å². The van der Waals surface area contributed by atoms with Crippen molar-refractivity contribution in [2.24, 2.45) is 0 Å². The topological polar surface area (TPSA) is 129 Å². The highest BCUT2D eigenvalue weighted by Gasteiger charge is 2.45. The molecule has 6 heterocycles. The Hall–Kier alpha value is -3.09. The number of hydrogen-bond acceptors (Lipinski definition) is 9. The molecule has 0 radical (unpaired) electrons. The average Bonchev–Trinajstić information content (AvgIpc) is 3.48. The summed E-state index contributed by atoms with van der Waals surface area (Å²) in [6, 6.07) is 7.20. The fourth-order valence-corrected chi connectivity index (χ4v) is 7.89. The third-order valence-electron chi connectivity index (χ3n) is 6.73. The summed E-state index contributed by atoms with van der Waals surface area (Å²) >= 11 is 1.56. The van der Waals surface area contributed by atoms with Gasteiger partial charge in [0.2, 0.25) is 16.0 Å². The molecule has 2 fully saturated rings. The molecule has 4 aromatic heterocycles. The molecule has 0 spiro atoms. The minimum absolute atomic E-state index is 0.0553. The van der Waals surface area contributed by atoms with Gasteiger partial charge in [0.1, 0.15) is 15.5 Å². The number of aryl methyl sites for hydroxylation is 1. The van der Waals surface area contributed by atoms with Gasteiger partial charge in [-0.1, -0.05) is 6.42 Å². The van der Waals surface area contributed by atoms with E-state index >= 15 is 0 Å². The van der Waals surface area contributed by atoms with E-state index in [0.717, 1.165) is 35.2 Å². The Labute approximate surface area is 207 Å². The number of H-pyrrole nitrogens is 1. The summed E-state index contributed by atoms with van der Waals surface area (Å²) in [4.78, 5) is 14.7. The minimum Gasteiger partial charge on any atom is -0.351 e. The summed E-state index contributed by atoms with van der Waals surface area (Å²) in [6.07, 6.45) is 7.20. The molecule has 6 rings (SSSR count). The number of thiophene rings is 1. The Morgan fingerprint density at radius 2 is 2.00 bits per heavy atom. The van der Waals surface area contributed by atoms with Crippen LogP contribution in [0.3, 0.4) is 0 Å². The van der Waals surface area contributed by atoms with Crippen molar-refractivity contribution in [3.63, 3.8) is 0 Å². The molecule has 0 amide bonds. The fourth-order valence-electron chi connectivity index (χ4n) is 5.27. The lowest BCUT2D eigenvalue weighted by Gasteiger charge is -2.47. The van der Waals surface area contributed by atoms with Crippen molar-refractivity contribution in [3.8, 4) is 0 Å². The Morgan fingerprint density at radius 3 is 2.71 bits per heavy atom. The van der Waals surface area contributed by atoms with E-state index in [1.165, 1.54) is 6.20 Å². The second-order valence-electron chi connectivity index (χ2n) is 9.17. The summed E-state index contributed by atoms with van der Waals surface area (Å²) in [5.41, 5.74) is 0.959. The molecule has 10 nitrogen and oxygen atoms in total. The van der Waals surface area contributed by atoms with Crippen molar-refractivity contribution >= 4 is 49.2 Å². The van der Waals surface area contributed by atoms with E-state index in [4.69, 9.17) is 9.97 Å². The molecule has 0 saturated carbocycles. The first-order valence-corrected chi connectivity index (χ1v) is 14.0. The van der Waals surface area contributed by atoms with Crippen LogP contribution in [0.5, 0.6) is 0 Å². The van der Waals surface area contributed by atoms with Gasteiger partial charge in [-0.3, -0.25) is 10.1 Å². The van der Waals surface area contributed by atoms with E-state index in [2.05, 4.69) is 25.8 Å². The monoisotopic (exact) mass is 510 g/mol. The molecule has 2 bridgehead atoms. The number of nitrogens with one attached hydrogen (secondary N) is 3. The van der Waals surface area contributed by atoms with Crippen molar-refractivity contribution < 1.29 is 8.42 Å². The lowest BCUT2D eigenvalue weighted by atomic mass is 9.84. The molecule has 2 aliphatic rings. The number of fused-ring (bicyclic) bond motifs is 3. The number of aromatic amines is 1. The molecule has 2 aliphatic heterocycles. The van der Waals surface area contributed by atoms with E-state index in [9.17, 15) is 8.42 Å². The second kappa shape index (κ2) is 8.85. The van der Waals surface area contributed by atoms with Crippen LogP contribution in [0.4, 0.5) is 17.6 Å². The quantitative estimate of drug-likeness (QED) is 0.354. The van der Waals surface area contributed by atoms with Crippen LogP contribution < -0.4 is 10.6 Å². The summed E-state index contributed by atoms with van der Waals surface area (Å²) < 4.78 is 28.6. The van der Waals surface area contributed by atoms with Gasteiger partial charge >= 0.3 is 0 Å². The summed E-state index contributed by atoms with van der Waals surface area (Å²) in [5.74, 6) is 1.94. The van der Waals surface area contributed by atoms with Crippen molar-refractivity contribution in [2.45, 2.75) is 62.0 Å². The van der Waals surface area contributed by atoms with Gasteiger partial charge in [0.05, 0.1) is 5.39 Å². The SMILES string of the molecule is Cc1cc(Nc2nc(NC3CC4CCCC(C3)N4S(=O)(=O)c3cccnc3)nc3sccc23)n[nH]1. The van der Waals surface area contributed by atoms with E-state index in [0.29, 0.717) is 30.4 Å². The zero-order chi connectivity index (χ0) is 24.0. The Bertz CT molecular complexity index is 1440. The number of piperidine rings is 2. The third-order valence-corrected chi connectivity index (χ3v) is 9.52. The maximum atomic E-state index is 13.4. The van der Waals surface area contributed by atoms with Gasteiger partial charge in [-0.2, -0.15) is 14.4 Å². The van der Waals surface area contributed by atoms with Crippen LogP contribution in [0, 0.1) is 6.92 Å². The number of aromatic nitrogens is 5. The Balaban J connectivity index is 1.25. The smallest absolute Gasteiger partial charge is 0.245 e. The lowest BCUT2D eigenvalue weighted by Crippen LogP contribution is -2.57. The van der Waals surface area contributed by atoms with Gasteiger partial charge in [0.15, 0.2) is 5.82 Å². The molecule has 35 heavy (non-hydrogen) atoms. The van der Waals surface area contributed by atoms with Crippen molar-refractivity contribution in [1.29, 1.82) is 0 Å². The van der Waals surface area contributed by atoms with Gasteiger partial charge < -0.3 is 10.6 Å². The average molecular weight is 511 g/mol. The summed E-state index contributed by atoms with van der Waals surface area (Å²) in [7, 11) is -3.58. The summed E-state index contributed by atoms with van der Waals surface area (Å²) in [6.45, 7) is 1.95. The molecule has 4 aromatic rings. The standard InChI is InChI=1S/C23H26N8O2S2/c1-14-10-20(30-29-14)26-21-19-7-9-34-22(19)28-23(27-21)25-15-11-16-4-2-5-17(12-15)31(16)35(32,33)18-6-3-8-24-13-18/h3,6-10,13,15-17H,2,4-5,11-12H2,1H3,(H3,25,26,27,28,29,30). The Morgan fingerprint density at radius 1 is 1.17 bits per heavy atom. The van der Waals surface area contributed by atoms with Crippen LogP contribution in [-0.4, -0.2) is 56.0 Å². The zero-order valence-electron chi connectivity index (χ0n) is 19.2. The number of hydrogen-bond donors (Lipinski definition) is 3. The molecule has 182 valence electrons. The molecule has 3 N–H and O–H groups in total. The van der Waals surface area contributed by atoms with Gasteiger partial charge in [0.25, 0.3) is 0 Å². The van der Waals surface area contributed by atoms with Crippen LogP contribution in [0.2, 0.25) is 0 Å². The van der Waals surface area contributed by atoms with Gasteiger partial charge in [-0.25, -0.2) is 13.4 Å². The highest BCUT2D eigenvalue weighted by Crippen LogP contribution is 2.39. The minimum atomic E-state index is -3.58. The highest BCUT2D eigenvalue weighted by atomic mass is 32.2. The number of nitrogens with zero attached hydrogens (tertiary/aromatic N) is 5. The molecule has 0 aliphatic carbocycles. The van der Waals surface area contributed by atoms with Gasteiger partial charge in [-0.05, 0) is 56.2 Å². The maximum Gasteiger partial charge on any atom is 0.245 e. The molecule has 2 unspecified atom stereocenters. The predicted molar refractivity (Wildman–Crippen MR) is 135 cm³/mol. The first-order valence-electron chi connectivity index (χ1n) is 11.7. The molecular formula is C23H26N8O2S2. The number of anilines is 3. The zero-order valence-corrected chi connectivity index (χ0v) is 20.8. The van der Waals surface area contributed by atoms with Crippen molar-refractivity contribution in [2.75, 3.05) is 10.6 Å². The molecule has 2 saturated heterocycles. The predicted octanol–water partition coefficient (Wildman–Crippen LogP) is 4.05. The molecule has 0 aromatic carbocycles. The first kappa shape index (κ1) is 22.4. The highest BCUT2D eigenvalue weighted by molar-refractivity contribution is 7.89. The normalized spacial score (nSPS) is 22.8. The van der Waals surface area contributed by atoms with Crippen LogP contribution in [0.25, 0.3) is 10.2 Å². The van der Waals surface area contributed by atoms with Gasteiger partial charge in [-0.15, -0.1) is 11.3 Å².